The summed E-state index contributed by atoms with van der Waals surface area (Å²) in [5.74, 6) is -1.14. The Kier molecular flexibility index (Phi) is 4.62. The molecule has 0 spiro atoms. The first-order valence-electron chi connectivity index (χ1n) is 8.03. The van der Waals surface area contributed by atoms with Crippen molar-refractivity contribution in [3.8, 4) is 11.1 Å². The predicted octanol–water partition coefficient (Wildman–Crippen LogP) is 4.27. The number of aliphatic hydroxyl groups is 1. The number of carbonyl (C=O) groups excluding carboxylic acids is 1. The van der Waals surface area contributed by atoms with Gasteiger partial charge in [0.1, 0.15) is 11.6 Å². The summed E-state index contributed by atoms with van der Waals surface area (Å²) in [6.07, 6.45) is 3.10. The number of halogens is 2. The summed E-state index contributed by atoms with van der Waals surface area (Å²) in [6, 6.07) is 9.67. The Morgan fingerprint density at radius 3 is 2.33 bits per heavy atom. The van der Waals surface area contributed by atoms with Crippen LogP contribution < -0.4 is 5.32 Å². The Morgan fingerprint density at radius 2 is 1.67 bits per heavy atom. The highest BCUT2D eigenvalue weighted by molar-refractivity contribution is 5.96. The van der Waals surface area contributed by atoms with Gasteiger partial charge in [0.2, 0.25) is 5.91 Å². The minimum atomic E-state index is -0.944. The maximum absolute atomic E-state index is 13.6. The van der Waals surface area contributed by atoms with Gasteiger partial charge in [0.05, 0.1) is 12.0 Å². The van der Waals surface area contributed by atoms with Crippen LogP contribution in [-0.4, -0.2) is 16.6 Å². The van der Waals surface area contributed by atoms with Gasteiger partial charge in [-0.3, -0.25) is 4.79 Å². The average Bonchev–Trinajstić information content (AvgIpc) is 2.96. The Bertz CT molecular complexity index is 738. The number of nitrogens with one attached hydrogen (secondary N) is 1. The number of hydrogen-bond acceptors (Lipinski definition) is 2. The Hall–Kier alpha value is -2.27. The molecular formula is C19H19F2NO2. The zero-order chi connectivity index (χ0) is 17.2. The molecule has 1 fully saturated rings. The summed E-state index contributed by atoms with van der Waals surface area (Å²) in [6.45, 7) is 0. The molecule has 0 bridgehead atoms. The second-order valence-corrected chi connectivity index (χ2v) is 6.35. The molecule has 126 valence electrons. The topological polar surface area (TPSA) is 49.3 Å². The summed E-state index contributed by atoms with van der Waals surface area (Å²) in [7, 11) is 0. The maximum atomic E-state index is 13.6. The van der Waals surface area contributed by atoms with Crippen LogP contribution in [0.4, 0.5) is 14.5 Å². The fourth-order valence-corrected chi connectivity index (χ4v) is 3.20. The van der Waals surface area contributed by atoms with Gasteiger partial charge in [-0.1, -0.05) is 25.0 Å². The molecule has 0 heterocycles. The van der Waals surface area contributed by atoms with Crippen LogP contribution in [0.2, 0.25) is 0 Å². The minimum absolute atomic E-state index is 0.0211. The molecule has 2 aromatic carbocycles. The highest BCUT2D eigenvalue weighted by Gasteiger charge is 2.33. The molecule has 3 rings (SSSR count). The molecule has 1 amide bonds. The lowest BCUT2D eigenvalue weighted by atomic mass is 9.97. The third-order valence-corrected chi connectivity index (χ3v) is 4.43. The van der Waals surface area contributed by atoms with Crippen LogP contribution in [0, 0.1) is 11.6 Å². The quantitative estimate of drug-likeness (QED) is 0.879. The van der Waals surface area contributed by atoms with Crippen LogP contribution in [0.1, 0.15) is 32.1 Å². The van der Waals surface area contributed by atoms with E-state index >= 15 is 0 Å². The number of benzene rings is 2. The molecule has 0 saturated heterocycles. The van der Waals surface area contributed by atoms with Crippen molar-refractivity contribution >= 4 is 11.6 Å². The van der Waals surface area contributed by atoms with Crippen LogP contribution >= 0.6 is 0 Å². The summed E-state index contributed by atoms with van der Waals surface area (Å²) in [4.78, 5) is 12.3. The van der Waals surface area contributed by atoms with Crippen molar-refractivity contribution < 1.29 is 18.7 Å². The number of anilines is 1. The Labute approximate surface area is 139 Å². The second-order valence-electron chi connectivity index (χ2n) is 6.35. The van der Waals surface area contributed by atoms with Gasteiger partial charge in [-0.25, -0.2) is 8.78 Å². The van der Waals surface area contributed by atoms with Crippen molar-refractivity contribution in [3.05, 3.63) is 54.1 Å². The number of hydrogen-bond donors (Lipinski definition) is 2. The van der Waals surface area contributed by atoms with Gasteiger partial charge in [-0.15, -0.1) is 0 Å². The van der Waals surface area contributed by atoms with E-state index in [2.05, 4.69) is 5.32 Å². The predicted molar refractivity (Wildman–Crippen MR) is 88.5 cm³/mol. The first-order valence-corrected chi connectivity index (χ1v) is 8.03. The van der Waals surface area contributed by atoms with E-state index in [0.29, 0.717) is 29.7 Å². The minimum Gasteiger partial charge on any atom is -0.389 e. The van der Waals surface area contributed by atoms with E-state index in [9.17, 15) is 18.7 Å². The van der Waals surface area contributed by atoms with Gasteiger partial charge in [-0.2, -0.15) is 0 Å². The van der Waals surface area contributed by atoms with E-state index in [1.165, 1.54) is 42.5 Å². The standard InChI is InChI=1S/C19H19F2NO2/c20-14-5-3-13(4-6-14)16-11-15(21)7-8-17(16)22-18(23)12-19(24)9-1-2-10-19/h3-8,11,24H,1-2,9-10,12H2,(H,22,23). The number of carbonyl (C=O) groups is 1. The van der Waals surface area contributed by atoms with Crippen molar-refractivity contribution in [1.82, 2.24) is 0 Å². The monoisotopic (exact) mass is 331 g/mol. The Morgan fingerprint density at radius 1 is 1.04 bits per heavy atom. The normalized spacial score (nSPS) is 16.1. The summed E-state index contributed by atoms with van der Waals surface area (Å²) in [5.41, 5.74) is 0.572. The zero-order valence-corrected chi connectivity index (χ0v) is 13.2. The fourth-order valence-electron chi connectivity index (χ4n) is 3.20. The SMILES string of the molecule is O=C(CC1(O)CCCC1)Nc1ccc(F)cc1-c1ccc(F)cc1. The molecule has 1 saturated carbocycles. The molecule has 1 aliphatic carbocycles. The molecule has 3 nitrogen and oxygen atoms in total. The third kappa shape index (κ3) is 3.79. The average molecular weight is 331 g/mol. The molecule has 0 aromatic heterocycles. The van der Waals surface area contributed by atoms with Gasteiger partial charge in [-0.05, 0) is 48.7 Å². The van der Waals surface area contributed by atoms with Crippen LogP contribution in [0.3, 0.4) is 0 Å². The van der Waals surface area contributed by atoms with Crippen LogP contribution in [0.25, 0.3) is 11.1 Å². The Balaban J connectivity index is 1.82. The van der Waals surface area contributed by atoms with Crippen LogP contribution in [0.15, 0.2) is 42.5 Å². The largest absolute Gasteiger partial charge is 0.389 e. The summed E-state index contributed by atoms with van der Waals surface area (Å²) >= 11 is 0. The fraction of sp³-hybridized carbons (Fsp3) is 0.316. The molecule has 0 aliphatic heterocycles. The van der Waals surface area contributed by atoms with E-state index < -0.39 is 11.4 Å². The smallest absolute Gasteiger partial charge is 0.227 e. The van der Waals surface area contributed by atoms with Gasteiger partial charge >= 0.3 is 0 Å². The maximum Gasteiger partial charge on any atom is 0.227 e. The van der Waals surface area contributed by atoms with E-state index in [0.717, 1.165) is 12.8 Å². The van der Waals surface area contributed by atoms with Crippen molar-refractivity contribution in [2.45, 2.75) is 37.7 Å². The highest BCUT2D eigenvalue weighted by atomic mass is 19.1. The van der Waals surface area contributed by atoms with Crippen molar-refractivity contribution in [2.75, 3.05) is 5.32 Å². The first kappa shape index (κ1) is 16.6. The lowest BCUT2D eigenvalue weighted by Crippen LogP contribution is -2.30. The number of rotatable bonds is 4. The molecule has 0 radical (unpaired) electrons. The molecule has 0 unspecified atom stereocenters. The van der Waals surface area contributed by atoms with Gasteiger partial charge in [0.15, 0.2) is 0 Å². The molecule has 24 heavy (non-hydrogen) atoms. The van der Waals surface area contributed by atoms with E-state index in [-0.39, 0.29) is 18.1 Å². The molecule has 5 heteroatoms. The molecule has 2 N–H and O–H groups in total. The van der Waals surface area contributed by atoms with Gasteiger partial charge < -0.3 is 10.4 Å². The van der Waals surface area contributed by atoms with Crippen molar-refractivity contribution in [2.24, 2.45) is 0 Å². The van der Waals surface area contributed by atoms with E-state index in [4.69, 9.17) is 0 Å². The van der Waals surface area contributed by atoms with Crippen molar-refractivity contribution in [3.63, 3.8) is 0 Å². The van der Waals surface area contributed by atoms with E-state index in [1.807, 2.05) is 0 Å². The van der Waals surface area contributed by atoms with Gasteiger partial charge in [0.25, 0.3) is 0 Å². The molecule has 1 aliphatic rings. The first-order chi connectivity index (χ1) is 11.5. The highest BCUT2D eigenvalue weighted by Crippen LogP contribution is 2.34. The third-order valence-electron chi connectivity index (χ3n) is 4.43. The van der Waals surface area contributed by atoms with E-state index in [1.54, 1.807) is 0 Å². The summed E-state index contributed by atoms with van der Waals surface area (Å²) in [5, 5.41) is 13.1. The second kappa shape index (κ2) is 6.69. The number of amides is 1. The van der Waals surface area contributed by atoms with Gasteiger partial charge in [0, 0.05) is 11.3 Å². The lowest BCUT2D eigenvalue weighted by Gasteiger charge is -2.21. The molecule has 0 atom stereocenters. The van der Waals surface area contributed by atoms with Crippen LogP contribution in [-0.2, 0) is 4.79 Å². The zero-order valence-electron chi connectivity index (χ0n) is 13.2. The molecular weight excluding hydrogens is 312 g/mol. The summed E-state index contributed by atoms with van der Waals surface area (Å²) < 4.78 is 26.7. The molecule has 2 aromatic rings. The van der Waals surface area contributed by atoms with Crippen LogP contribution in [0.5, 0.6) is 0 Å². The lowest BCUT2D eigenvalue weighted by molar-refractivity contribution is -0.120. The van der Waals surface area contributed by atoms with Crippen molar-refractivity contribution in [1.29, 1.82) is 0 Å².